The molecule has 0 unspecified atom stereocenters. The van der Waals surface area contributed by atoms with Crippen LogP contribution >= 0.6 is 27.5 Å². The zero-order valence-electron chi connectivity index (χ0n) is 8.50. The molecule has 4 nitrogen and oxygen atoms in total. The van der Waals surface area contributed by atoms with Gasteiger partial charge in [0.25, 0.3) is 0 Å². The fraction of sp³-hybridized carbons (Fsp3) is 0.222. The smallest absolute Gasteiger partial charge is 0.223 e. The molecule has 0 spiro atoms. The van der Waals surface area contributed by atoms with Crippen molar-refractivity contribution in [1.29, 1.82) is 0 Å². The van der Waals surface area contributed by atoms with Crippen LogP contribution in [0.25, 0.3) is 5.82 Å². The first-order valence-electron chi connectivity index (χ1n) is 4.41. The SMILES string of the molecule is Cc1nn(-c2nc(Cl)ncc2F)c(C)c1Br. The van der Waals surface area contributed by atoms with E-state index in [2.05, 4.69) is 31.0 Å². The normalized spacial score (nSPS) is 10.8. The second-order valence-corrected chi connectivity index (χ2v) is 4.34. The van der Waals surface area contributed by atoms with Crippen molar-refractivity contribution in [2.45, 2.75) is 13.8 Å². The lowest BCUT2D eigenvalue weighted by molar-refractivity contribution is 0.589. The van der Waals surface area contributed by atoms with E-state index in [4.69, 9.17) is 11.6 Å². The van der Waals surface area contributed by atoms with Gasteiger partial charge in [-0.2, -0.15) is 10.1 Å². The Labute approximate surface area is 105 Å². The van der Waals surface area contributed by atoms with Crippen molar-refractivity contribution in [3.05, 3.63) is 33.2 Å². The van der Waals surface area contributed by atoms with Crippen molar-refractivity contribution in [1.82, 2.24) is 19.7 Å². The highest BCUT2D eigenvalue weighted by atomic mass is 79.9. The highest BCUT2D eigenvalue weighted by Gasteiger charge is 2.15. The van der Waals surface area contributed by atoms with E-state index in [1.165, 1.54) is 4.68 Å². The zero-order valence-corrected chi connectivity index (χ0v) is 10.8. The molecule has 0 aliphatic rings. The summed E-state index contributed by atoms with van der Waals surface area (Å²) in [5.41, 5.74) is 1.51. The van der Waals surface area contributed by atoms with Gasteiger partial charge in [-0.05, 0) is 41.4 Å². The molecule has 0 saturated carbocycles. The van der Waals surface area contributed by atoms with Crippen molar-refractivity contribution < 1.29 is 4.39 Å². The Bertz CT molecular complexity index is 555. The van der Waals surface area contributed by atoms with E-state index in [0.29, 0.717) is 0 Å². The molecule has 16 heavy (non-hydrogen) atoms. The molecule has 2 heterocycles. The minimum absolute atomic E-state index is 0.0138. The molecule has 0 aliphatic carbocycles. The molecule has 0 N–H and O–H groups in total. The fourth-order valence-corrected chi connectivity index (χ4v) is 1.69. The summed E-state index contributed by atoms with van der Waals surface area (Å²) in [4.78, 5) is 7.37. The maximum absolute atomic E-state index is 13.5. The number of hydrogen-bond acceptors (Lipinski definition) is 3. The number of halogens is 3. The van der Waals surface area contributed by atoms with Gasteiger partial charge < -0.3 is 0 Å². The van der Waals surface area contributed by atoms with Crippen LogP contribution in [-0.4, -0.2) is 19.7 Å². The van der Waals surface area contributed by atoms with E-state index in [-0.39, 0.29) is 11.1 Å². The molecule has 2 rings (SSSR count). The standard InChI is InChI=1S/C9H7BrClFN4/c1-4-7(10)5(2)16(15-4)8-6(12)3-13-9(11)14-8/h3H,1-2H3. The molecule has 0 atom stereocenters. The van der Waals surface area contributed by atoms with Gasteiger partial charge in [0.15, 0.2) is 11.6 Å². The van der Waals surface area contributed by atoms with E-state index in [9.17, 15) is 4.39 Å². The van der Waals surface area contributed by atoms with Crippen LogP contribution in [0.15, 0.2) is 10.7 Å². The third-order valence-corrected chi connectivity index (χ3v) is 3.43. The summed E-state index contributed by atoms with van der Waals surface area (Å²) in [6.45, 7) is 3.62. The first-order valence-corrected chi connectivity index (χ1v) is 5.58. The van der Waals surface area contributed by atoms with Crippen LogP contribution in [0.2, 0.25) is 5.28 Å². The second kappa shape index (κ2) is 4.10. The van der Waals surface area contributed by atoms with E-state index < -0.39 is 5.82 Å². The van der Waals surface area contributed by atoms with Crippen LogP contribution < -0.4 is 0 Å². The van der Waals surface area contributed by atoms with Gasteiger partial charge in [0.05, 0.1) is 22.1 Å². The predicted molar refractivity (Wildman–Crippen MR) is 61.3 cm³/mol. The maximum atomic E-state index is 13.5. The Balaban J connectivity index is 2.67. The van der Waals surface area contributed by atoms with Crippen molar-refractivity contribution in [3.63, 3.8) is 0 Å². The number of aryl methyl sites for hydroxylation is 1. The third kappa shape index (κ3) is 1.82. The van der Waals surface area contributed by atoms with Gasteiger partial charge in [-0.25, -0.2) is 14.1 Å². The molecule has 2 aromatic rings. The maximum Gasteiger partial charge on any atom is 0.224 e. The summed E-state index contributed by atoms with van der Waals surface area (Å²) in [5, 5.41) is 4.15. The van der Waals surface area contributed by atoms with Gasteiger partial charge in [0.2, 0.25) is 5.28 Å². The van der Waals surface area contributed by atoms with Gasteiger partial charge in [-0.1, -0.05) is 0 Å². The zero-order chi connectivity index (χ0) is 11.9. The van der Waals surface area contributed by atoms with E-state index in [1.54, 1.807) is 6.92 Å². The Kier molecular flexibility index (Phi) is 2.94. The number of aromatic nitrogens is 4. The molecule has 7 heteroatoms. The van der Waals surface area contributed by atoms with Gasteiger partial charge in [0.1, 0.15) is 0 Å². The number of rotatable bonds is 1. The van der Waals surface area contributed by atoms with Crippen molar-refractivity contribution in [2.24, 2.45) is 0 Å². The summed E-state index contributed by atoms with van der Waals surface area (Å²) >= 11 is 8.98. The number of nitrogens with zero attached hydrogens (tertiary/aromatic N) is 4. The Morgan fingerprint density at radius 1 is 1.44 bits per heavy atom. The lowest BCUT2D eigenvalue weighted by Gasteiger charge is -2.04. The molecular weight excluding hydrogens is 298 g/mol. The van der Waals surface area contributed by atoms with Gasteiger partial charge in [0, 0.05) is 0 Å². The van der Waals surface area contributed by atoms with Crippen molar-refractivity contribution in [2.75, 3.05) is 0 Å². The average Bonchev–Trinajstić information content (AvgIpc) is 2.50. The Hall–Kier alpha value is -1.01. The van der Waals surface area contributed by atoms with Crippen LogP contribution in [0.4, 0.5) is 4.39 Å². The molecule has 0 fully saturated rings. The van der Waals surface area contributed by atoms with E-state index in [0.717, 1.165) is 22.1 Å². The van der Waals surface area contributed by atoms with Crippen LogP contribution in [-0.2, 0) is 0 Å². The summed E-state index contributed by atoms with van der Waals surface area (Å²) in [6.07, 6.45) is 1.02. The molecule has 2 aromatic heterocycles. The van der Waals surface area contributed by atoms with Gasteiger partial charge >= 0.3 is 0 Å². The van der Waals surface area contributed by atoms with Crippen LogP contribution in [0.5, 0.6) is 0 Å². The van der Waals surface area contributed by atoms with Crippen molar-refractivity contribution >= 4 is 27.5 Å². The molecular formula is C9H7BrClFN4. The summed E-state index contributed by atoms with van der Waals surface area (Å²) in [6, 6.07) is 0. The molecule has 0 bridgehead atoms. The van der Waals surface area contributed by atoms with Crippen LogP contribution in [0, 0.1) is 19.7 Å². The van der Waals surface area contributed by atoms with E-state index in [1.807, 2.05) is 6.92 Å². The average molecular weight is 306 g/mol. The highest BCUT2D eigenvalue weighted by Crippen LogP contribution is 2.23. The molecule has 0 aromatic carbocycles. The predicted octanol–water partition coefficient (Wildman–Crippen LogP) is 2.83. The van der Waals surface area contributed by atoms with Crippen LogP contribution in [0.3, 0.4) is 0 Å². The fourth-order valence-electron chi connectivity index (χ4n) is 1.32. The minimum Gasteiger partial charge on any atom is -0.223 e. The minimum atomic E-state index is -0.567. The quantitative estimate of drug-likeness (QED) is 0.761. The monoisotopic (exact) mass is 304 g/mol. The summed E-state index contributed by atoms with van der Waals surface area (Å²) in [7, 11) is 0. The number of hydrogen-bond donors (Lipinski definition) is 0. The largest absolute Gasteiger partial charge is 0.224 e. The van der Waals surface area contributed by atoms with Crippen molar-refractivity contribution in [3.8, 4) is 5.82 Å². The lowest BCUT2D eigenvalue weighted by Crippen LogP contribution is -2.06. The van der Waals surface area contributed by atoms with Gasteiger partial charge in [-0.3, -0.25) is 0 Å². The molecule has 0 saturated heterocycles. The summed E-state index contributed by atoms with van der Waals surface area (Å²) in [5.74, 6) is -0.520. The first kappa shape index (κ1) is 11.5. The first-order chi connectivity index (χ1) is 7.50. The molecule has 0 amide bonds. The Morgan fingerprint density at radius 3 is 2.69 bits per heavy atom. The van der Waals surface area contributed by atoms with E-state index >= 15 is 0 Å². The highest BCUT2D eigenvalue weighted by molar-refractivity contribution is 9.10. The molecule has 0 aliphatic heterocycles. The van der Waals surface area contributed by atoms with Gasteiger partial charge in [-0.15, -0.1) is 0 Å². The Morgan fingerprint density at radius 2 is 2.12 bits per heavy atom. The lowest BCUT2D eigenvalue weighted by atomic mass is 10.4. The topological polar surface area (TPSA) is 43.6 Å². The molecule has 84 valence electrons. The van der Waals surface area contributed by atoms with Crippen LogP contribution in [0.1, 0.15) is 11.4 Å². The second-order valence-electron chi connectivity index (χ2n) is 3.21. The third-order valence-electron chi connectivity index (χ3n) is 2.10. The molecule has 0 radical (unpaired) electrons. The summed E-state index contributed by atoms with van der Waals surface area (Å²) < 4.78 is 15.7.